The zero-order valence-corrected chi connectivity index (χ0v) is 9.79. The fourth-order valence-corrected chi connectivity index (χ4v) is 0. The van der Waals surface area contributed by atoms with Crippen LogP contribution in [0.25, 0.3) is 0 Å². The van der Waals surface area contributed by atoms with E-state index in [2.05, 4.69) is 0 Å². The van der Waals surface area contributed by atoms with Gasteiger partial charge < -0.3 is 0 Å². The van der Waals surface area contributed by atoms with E-state index in [1.807, 2.05) is 0 Å². The van der Waals surface area contributed by atoms with Crippen molar-refractivity contribution < 1.29 is 87.1 Å². The Balaban J connectivity index is 0. The number of hydrogen-bond acceptors (Lipinski definition) is 3. The fourth-order valence-electron chi connectivity index (χ4n) is 0. The molecule has 0 N–H and O–H groups in total. The molecule has 24 valence electrons. The standard InChI is InChI=1S/Nb.3O.Rb/q;;;-1;+1. The quantitative estimate of drug-likeness (QED) is 0.392. The molecule has 5 heavy (non-hydrogen) atoms. The van der Waals surface area contributed by atoms with E-state index in [0.29, 0.717) is 0 Å². The van der Waals surface area contributed by atoms with Gasteiger partial charge in [0.2, 0.25) is 0 Å². The van der Waals surface area contributed by atoms with Crippen LogP contribution in [-0.2, 0) is 25.3 Å². The molecule has 0 saturated heterocycles. The SMILES string of the molecule is [O]=[Nb](=[O])[O-].[Rb+]. The second-order valence-electron chi connectivity index (χ2n) is 0.224. The van der Waals surface area contributed by atoms with Crippen LogP contribution >= 0.6 is 0 Å². The maximum Gasteiger partial charge on any atom is 1.00 e. The third-order valence-corrected chi connectivity index (χ3v) is 0. The Kier molecular flexibility index (Phi) is 12.4. The first-order valence-corrected chi connectivity index (χ1v) is 3.24. The van der Waals surface area contributed by atoms with Gasteiger partial charge in [-0.05, 0) is 0 Å². The summed E-state index contributed by atoms with van der Waals surface area (Å²) in [6, 6.07) is 0. The molecule has 0 amide bonds. The molecule has 0 spiro atoms. The fraction of sp³-hybridized carbons (Fsp3) is 0. The van der Waals surface area contributed by atoms with Gasteiger partial charge in [0.15, 0.2) is 0 Å². The molecule has 0 heterocycles. The molecule has 0 aromatic rings. The van der Waals surface area contributed by atoms with Crippen LogP contribution in [0, 0.1) is 0 Å². The minimum Gasteiger partial charge on any atom is 1.00 e. The van der Waals surface area contributed by atoms with E-state index in [9.17, 15) is 0 Å². The molecule has 0 unspecified atom stereocenters. The monoisotopic (exact) mass is 226 g/mol. The van der Waals surface area contributed by atoms with Gasteiger partial charge in [0.25, 0.3) is 0 Å². The van der Waals surface area contributed by atoms with Crippen LogP contribution in [0.15, 0.2) is 0 Å². The van der Waals surface area contributed by atoms with Crippen LogP contribution in [0.1, 0.15) is 0 Å². The van der Waals surface area contributed by atoms with E-state index in [0.717, 1.165) is 0 Å². The normalized spacial score (nSPS) is 5.00. The van der Waals surface area contributed by atoms with Crippen LogP contribution in [0.5, 0.6) is 0 Å². The van der Waals surface area contributed by atoms with Crippen LogP contribution in [0.2, 0.25) is 0 Å². The van der Waals surface area contributed by atoms with E-state index < -0.39 is 18.8 Å². The van der Waals surface area contributed by atoms with Crippen molar-refractivity contribution in [3.63, 3.8) is 0 Å². The van der Waals surface area contributed by atoms with Gasteiger partial charge in [-0.3, -0.25) is 0 Å². The summed E-state index contributed by atoms with van der Waals surface area (Å²) in [7, 11) is 0. The van der Waals surface area contributed by atoms with E-state index in [4.69, 9.17) is 10.1 Å². The molecule has 3 nitrogen and oxygen atoms in total. The van der Waals surface area contributed by atoms with Gasteiger partial charge >= 0.3 is 87.1 Å². The zero-order valence-electron chi connectivity index (χ0n) is 2.67. The number of hydrogen-bond donors (Lipinski definition) is 0. The first-order valence-electron chi connectivity index (χ1n) is 0.548. The van der Waals surface area contributed by atoms with Gasteiger partial charge in [-0.2, -0.15) is 0 Å². The topological polar surface area (TPSA) is 57.2 Å². The predicted molar refractivity (Wildman–Crippen MR) is 1.37 cm³/mol. The van der Waals surface area contributed by atoms with Crippen molar-refractivity contribution in [3.05, 3.63) is 0 Å². The summed E-state index contributed by atoms with van der Waals surface area (Å²) in [6.45, 7) is 0. The minimum atomic E-state index is -4.20. The van der Waals surface area contributed by atoms with Crippen molar-refractivity contribution in [1.29, 1.82) is 0 Å². The molecule has 0 aromatic heterocycles. The summed E-state index contributed by atoms with van der Waals surface area (Å²) in [4.78, 5) is 0. The summed E-state index contributed by atoms with van der Waals surface area (Å²) < 4.78 is 25.8. The molecule has 0 rings (SSSR count). The second kappa shape index (κ2) is 6.11. The van der Waals surface area contributed by atoms with Crippen molar-refractivity contribution in [1.82, 2.24) is 0 Å². The van der Waals surface area contributed by atoms with Crippen LogP contribution < -0.4 is 61.8 Å². The van der Waals surface area contributed by atoms with Crippen LogP contribution in [0.3, 0.4) is 0 Å². The number of rotatable bonds is 0. The Morgan fingerprint density at radius 1 is 1.40 bits per heavy atom. The van der Waals surface area contributed by atoms with Crippen molar-refractivity contribution in [2.24, 2.45) is 0 Å². The van der Waals surface area contributed by atoms with Gasteiger partial charge in [-0.1, -0.05) is 0 Å². The minimum absolute atomic E-state index is 0. The summed E-state index contributed by atoms with van der Waals surface area (Å²) in [5, 5.41) is 0. The predicted octanol–water partition coefficient (Wildman–Crippen LogP) is -4.43. The molecule has 0 fully saturated rings. The third-order valence-electron chi connectivity index (χ3n) is 0. The molecule has 0 radical (unpaired) electrons. The maximum atomic E-state index is 8.60. The third kappa shape index (κ3) is 23.2. The molecule has 0 atom stereocenters. The average molecular weight is 226 g/mol. The molecule has 0 saturated carbocycles. The van der Waals surface area contributed by atoms with Gasteiger partial charge in [0.1, 0.15) is 0 Å². The van der Waals surface area contributed by atoms with Gasteiger partial charge in [0, 0.05) is 0 Å². The van der Waals surface area contributed by atoms with E-state index in [-0.39, 0.29) is 58.2 Å². The summed E-state index contributed by atoms with van der Waals surface area (Å²) in [5.74, 6) is 0. The molecule has 0 aliphatic carbocycles. The van der Waals surface area contributed by atoms with E-state index >= 15 is 0 Å². The zero-order chi connectivity index (χ0) is 3.58. The molecule has 0 bridgehead atoms. The summed E-state index contributed by atoms with van der Waals surface area (Å²) in [5.41, 5.74) is 0. The van der Waals surface area contributed by atoms with Crippen molar-refractivity contribution in [2.45, 2.75) is 0 Å². The van der Waals surface area contributed by atoms with Crippen molar-refractivity contribution in [3.8, 4) is 0 Å². The average Bonchev–Trinajstić information content (AvgIpc) is 0.811. The molecule has 0 aliphatic heterocycles. The molecular formula is NbO3Rb. The maximum absolute atomic E-state index is 8.60. The first-order chi connectivity index (χ1) is 1.73. The molecule has 5 heteroatoms. The van der Waals surface area contributed by atoms with E-state index in [1.165, 1.54) is 0 Å². The Bertz CT molecular complexity index is 55.3. The van der Waals surface area contributed by atoms with Crippen molar-refractivity contribution in [2.75, 3.05) is 0 Å². The van der Waals surface area contributed by atoms with Crippen LogP contribution in [-0.4, -0.2) is 0 Å². The molecular weight excluding hydrogens is 226 g/mol. The Labute approximate surface area is 84.8 Å². The Morgan fingerprint density at radius 2 is 1.40 bits per heavy atom. The van der Waals surface area contributed by atoms with Crippen LogP contribution in [0.4, 0.5) is 0 Å². The van der Waals surface area contributed by atoms with Gasteiger partial charge in [-0.25, -0.2) is 0 Å². The van der Waals surface area contributed by atoms with Gasteiger partial charge in [-0.15, -0.1) is 0 Å². The largest absolute Gasteiger partial charge is 1.00 e. The van der Waals surface area contributed by atoms with Crippen molar-refractivity contribution >= 4 is 0 Å². The summed E-state index contributed by atoms with van der Waals surface area (Å²) >= 11 is -4.20. The Hall–Kier alpha value is 2.11. The van der Waals surface area contributed by atoms with Gasteiger partial charge in [0.05, 0.1) is 0 Å². The van der Waals surface area contributed by atoms with E-state index in [1.54, 1.807) is 0 Å². The molecule has 0 aromatic carbocycles. The smallest absolute Gasteiger partial charge is 1.00 e. The Morgan fingerprint density at radius 3 is 1.40 bits per heavy atom. The first kappa shape index (κ1) is 10.2. The second-order valence-corrected chi connectivity index (χ2v) is 1.32. The summed E-state index contributed by atoms with van der Waals surface area (Å²) in [6.07, 6.45) is 0. The molecule has 0 aliphatic rings.